The summed E-state index contributed by atoms with van der Waals surface area (Å²) in [6, 6.07) is 3.44. The van der Waals surface area contributed by atoms with Gasteiger partial charge in [0.25, 0.3) is 0 Å². The lowest BCUT2D eigenvalue weighted by atomic mass is 9.91. The molecule has 0 bridgehead atoms. The number of anilines is 1. The highest BCUT2D eigenvalue weighted by molar-refractivity contribution is 6.26. The van der Waals surface area contributed by atoms with Crippen LogP contribution in [0.1, 0.15) is 30.0 Å². The molecule has 1 aromatic heterocycles. The average molecular weight is 389 g/mol. The molecule has 0 saturated carbocycles. The molecule has 1 N–H and O–H groups in total. The Kier molecular flexibility index (Phi) is 4.08. The molecule has 0 fully saturated rings. The minimum Gasteiger partial charge on any atom is -0.474 e. The maximum Gasteiger partial charge on any atom is 0.237 e. The summed E-state index contributed by atoms with van der Waals surface area (Å²) in [6.45, 7) is 5.17. The number of hydrogen-bond acceptors (Lipinski definition) is 5. The van der Waals surface area contributed by atoms with Gasteiger partial charge in [-0.05, 0) is 54.3 Å². The first-order chi connectivity index (χ1) is 14.0. The highest BCUT2D eigenvalue weighted by Crippen LogP contribution is 2.41. The summed E-state index contributed by atoms with van der Waals surface area (Å²) in [5, 5.41) is 3.26. The molecule has 0 unspecified atom stereocenters. The van der Waals surface area contributed by atoms with E-state index in [0.717, 1.165) is 33.7 Å². The van der Waals surface area contributed by atoms with Gasteiger partial charge in [0.05, 0.1) is 5.69 Å². The molecule has 2 aromatic rings. The number of benzene rings is 1. The van der Waals surface area contributed by atoms with E-state index >= 15 is 4.39 Å². The first-order valence-electron chi connectivity index (χ1n) is 9.68. The summed E-state index contributed by atoms with van der Waals surface area (Å²) < 4.78 is 20.5. The van der Waals surface area contributed by atoms with Crippen LogP contribution in [0.25, 0.3) is 16.7 Å². The van der Waals surface area contributed by atoms with E-state index in [4.69, 9.17) is 4.74 Å². The number of nitrogens with zero attached hydrogens (tertiary/aromatic N) is 2. The summed E-state index contributed by atoms with van der Waals surface area (Å²) in [6.07, 6.45) is 6.15. The largest absolute Gasteiger partial charge is 0.474 e. The molecule has 6 heteroatoms. The smallest absolute Gasteiger partial charge is 0.237 e. The van der Waals surface area contributed by atoms with Crippen molar-refractivity contribution in [1.29, 1.82) is 0 Å². The summed E-state index contributed by atoms with van der Waals surface area (Å²) in [7, 11) is 0. The summed E-state index contributed by atoms with van der Waals surface area (Å²) >= 11 is 0. The third-order valence-corrected chi connectivity index (χ3v) is 5.61. The lowest BCUT2D eigenvalue weighted by Crippen LogP contribution is -2.18. The third kappa shape index (κ3) is 2.95. The van der Waals surface area contributed by atoms with Gasteiger partial charge < -0.3 is 10.1 Å². The van der Waals surface area contributed by atoms with Crippen LogP contribution in [-0.2, 0) is 11.2 Å². The highest BCUT2D eigenvalue weighted by Gasteiger charge is 2.31. The second-order valence-electron chi connectivity index (χ2n) is 7.64. The molecule has 3 heterocycles. The van der Waals surface area contributed by atoms with Gasteiger partial charge >= 0.3 is 0 Å². The van der Waals surface area contributed by atoms with Crippen molar-refractivity contribution >= 4 is 22.8 Å². The standard InChI is InChI=1S/C23H20FN3O2/c1-12-5-14(10-26-12)6-18-21(28)9-17-19(24)8-16(13(2)22(17)18)15-7-20-23(27-11-15)29-4-3-25-20/h6-8,10-11,25H,3-5,9H2,1-2H3/b18-6+. The van der Waals surface area contributed by atoms with Crippen LogP contribution in [0.2, 0.25) is 0 Å². The predicted octanol–water partition coefficient (Wildman–Crippen LogP) is 4.26. The van der Waals surface area contributed by atoms with E-state index in [1.165, 1.54) is 6.07 Å². The van der Waals surface area contributed by atoms with Gasteiger partial charge in [-0.2, -0.15) is 0 Å². The van der Waals surface area contributed by atoms with E-state index in [0.29, 0.717) is 42.2 Å². The lowest BCUT2D eigenvalue weighted by molar-refractivity contribution is -0.112. The van der Waals surface area contributed by atoms with Crippen LogP contribution in [0.4, 0.5) is 10.1 Å². The van der Waals surface area contributed by atoms with Crippen LogP contribution in [0, 0.1) is 12.7 Å². The quantitative estimate of drug-likeness (QED) is 0.780. The number of carbonyl (C=O) groups excluding carboxylic acids is 1. The normalized spacial score (nSPS) is 18.7. The molecular weight excluding hydrogens is 369 g/mol. The van der Waals surface area contributed by atoms with Crippen molar-refractivity contribution in [3.05, 3.63) is 58.7 Å². The molecule has 146 valence electrons. The zero-order valence-electron chi connectivity index (χ0n) is 16.3. The summed E-state index contributed by atoms with van der Waals surface area (Å²) in [5.74, 6) is 0.147. The van der Waals surface area contributed by atoms with E-state index in [9.17, 15) is 4.79 Å². The molecule has 5 nitrogen and oxygen atoms in total. The average Bonchev–Trinajstić information content (AvgIpc) is 3.28. The number of allylic oxidation sites excluding steroid dienone is 3. The van der Waals surface area contributed by atoms with Crippen LogP contribution >= 0.6 is 0 Å². The number of carbonyl (C=O) groups is 1. The molecule has 0 atom stereocenters. The molecule has 3 aliphatic rings. The monoisotopic (exact) mass is 389 g/mol. The van der Waals surface area contributed by atoms with E-state index < -0.39 is 0 Å². The fourth-order valence-electron chi connectivity index (χ4n) is 4.22. The minimum absolute atomic E-state index is 0.0526. The number of fused-ring (bicyclic) bond motifs is 2. The number of ether oxygens (including phenoxy) is 1. The molecule has 0 saturated heterocycles. The van der Waals surface area contributed by atoms with Gasteiger partial charge in [-0.3, -0.25) is 9.79 Å². The molecule has 5 rings (SSSR count). The Morgan fingerprint density at radius 3 is 2.90 bits per heavy atom. The number of rotatable bonds is 2. The molecule has 0 radical (unpaired) electrons. The Morgan fingerprint density at radius 2 is 2.10 bits per heavy atom. The van der Waals surface area contributed by atoms with Crippen molar-refractivity contribution in [2.24, 2.45) is 4.99 Å². The Bertz CT molecular complexity index is 1160. The molecular formula is C23H20FN3O2. The van der Waals surface area contributed by atoms with E-state index in [1.807, 2.05) is 26.0 Å². The molecule has 1 aromatic carbocycles. The number of nitrogens with one attached hydrogen (secondary N) is 1. The van der Waals surface area contributed by atoms with Crippen LogP contribution in [-0.4, -0.2) is 29.6 Å². The van der Waals surface area contributed by atoms with E-state index in [2.05, 4.69) is 15.3 Å². The van der Waals surface area contributed by atoms with Crippen molar-refractivity contribution in [3.8, 4) is 17.0 Å². The Hall–Kier alpha value is -3.28. The van der Waals surface area contributed by atoms with Crippen molar-refractivity contribution in [1.82, 2.24) is 4.98 Å². The van der Waals surface area contributed by atoms with Crippen molar-refractivity contribution in [2.45, 2.75) is 26.7 Å². The van der Waals surface area contributed by atoms with Gasteiger partial charge in [-0.1, -0.05) is 0 Å². The third-order valence-electron chi connectivity index (χ3n) is 5.61. The Balaban J connectivity index is 1.63. The summed E-state index contributed by atoms with van der Waals surface area (Å²) in [5.41, 5.74) is 6.94. The van der Waals surface area contributed by atoms with Gasteiger partial charge in [0.2, 0.25) is 5.88 Å². The Labute approximate surface area is 168 Å². The van der Waals surface area contributed by atoms with Crippen LogP contribution in [0.3, 0.4) is 0 Å². The number of aliphatic imine (C=N–C) groups is 1. The maximum atomic E-state index is 15.0. The maximum absolute atomic E-state index is 15.0. The van der Waals surface area contributed by atoms with Crippen LogP contribution in [0.15, 0.2) is 41.2 Å². The van der Waals surface area contributed by atoms with Crippen molar-refractivity contribution in [2.75, 3.05) is 18.5 Å². The van der Waals surface area contributed by atoms with E-state index in [1.54, 1.807) is 12.4 Å². The van der Waals surface area contributed by atoms with Gasteiger partial charge in [-0.15, -0.1) is 0 Å². The molecule has 0 spiro atoms. The molecule has 29 heavy (non-hydrogen) atoms. The number of aromatic nitrogens is 1. The second kappa shape index (κ2) is 6.65. The Morgan fingerprint density at radius 1 is 1.24 bits per heavy atom. The number of hydrogen-bond donors (Lipinski definition) is 1. The molecule has 0 amide bonds. The topological polar surface area (TPSA) is 63.6 Å². The fraction of sp³-hybridized carbons (Fsp3) is 0.261. The van der Waals surface area contributed by atoms with Gasteiger partial charge in [-0.25, -0.2) is 9.37 Å². The molecule has 1 aliphatic carbocycles. The number of ketones is 1. The van der Waals surface area contributed by atoms with Crippen LogP contribution in [0.5, 0.6) is 5.88 Å². The zero-order chi connectivity index (χ0) is 20.1. The SMILES string of the molecule is CC1=NC=C(/C=C2\C(=O)Cc3c(F)cc(-c4cnc5c(c4)NCCO5)c(C)c32)C1. The van der Waals surface area contributed by atoms with Gasteiger partial charge in [0, 0.05) is 54.2 Å². The first-order valence-corrected chi connectivity index (χ1v) is 9.68. The van der Waals surface area contributed by atoms with Crippen LogP contribution < -0.4 is 10.1 Å². The highest BCUT2D eigenvalue weighted by atomic mass is 19.1. The van der Waals surface area contributed by atoms with Gasteiger partial charge in [0.1, 0.15) is 12.4 Å². The number of pyridine rings is 1. The lowest BCUT2D eigenvalue weighted by Gasteiger charge is -2.19. The van der Waals surface area contributed by atoms with Gasteiger partial charge in [0.15, 0.2) is 5.78 Å². The summed E-state index contributed by atoms with van der Waals surface area (Å²) in [4.78, 5) is 21.4. The number of halogens is 1. The zero-order valence-corrected chi connectivity index (χ0v) is 16.3. The molecule has 2 aliphatic heterocycles. The predicted molar refractivity (Wildman–Crippen MR) is 111 cm³/mol. The van der Waals surface area contributed by atoms with Crippen molar-refractivity contribution in [3.63, 3.8) is 0 Å². The number of Topliss-reactive ketones (excluding diaryl/α,β-unsaturated/α-hetero) is 1. The first kappa shape index (κ1) is 17.8. The van der Waals surface area contributed by atoms with Crippen molar-refractivity contribution < 1.29 is 13.9 Å². The minimum atomic E-state index is -0.355. The van der Waals surface area contributed by atoms with E-state index in [-0.39, 0.29) is 18.0 Å². The fourth-order valence-corrected chi connectivity index (χ4v) is 4.22. The second-order valence-corrected chi connectivity index (χ2v) is 7.64.